The van der Waals surface area contributed by atoms with E-state index in [1.807, 2.05) is 31.2 Å². The fourth-order valence-electron chi connectivity index (χ4n) is 2.14. The molecule has 0 saturated heterocycles. The van der Waals surface area contributed by atoms with Crippen molar-refractivity contribution in [1.29, 1.82) is 0 Å². The van der Waals surface area contributed by atoms with Crippen LogP contribution in [0.15, 0.2) is 48.5 Å². The van der Waals surface area contributed by atoms with Crippen molar-refractivity contribution in [2.45, 2.75) is 20.3 Å². The van der Waals surface area contributed by atoms with E-state index in [1.54, 1.807) is 31.2 Å². The molecule has 0 saturated carbocycles. The van der Waals surface area contributed by atoms with Crippen LogP contribution in [0.3, 0.4) is 0 Å². The zero-order valence-electron chi connectivity index (χ0n) is 14.5. The average Bonchev–Trinajstić information content (AvgIpc) is 2.62. The van der Waals surface area contributed by atoms with Crippen LogP contribution in [0.4, 0.5) is 17.1 Å². The Morgan fingerprint density at radius 2 is 1.52 bits per heavy atom. The Kier molecular flexibility index (Phi) is 6.83. The molecule has 0 radical (unpaired) electrons. The van der Waals surface area contributed by atoms with E-state index >= 15 is 0 Å². The van der Waals surface area contributed by atoms with Crippen molar-refractivity contribution in [3.05, 3.63) is 48.5 Å². The van der Waals surface area contributed by atoms with Gasteiger partial charge in [0.05, 0.1) is 13.2 Å². The summed E-state index contributed by atoms with van der Waals surface area (Å²) in [5.74, 6) is 0.556. The van der Waals surface area contributed by atoms with Crippen LogP contribution in [-0.2, 0) is 9.59 Å². The highest BCUT2D eigenvalue weighted by Gasteiger charge is 2.04. The number of carbonyl (C=O) groups is 2. The molecule has 0 unspecified atom stereocenters. The van der Waals surface area contributed by atoms with Crippen molar-refractivity contribution in [1.82, 2.24) is 0 Å². The van der Waals surface area contributed by atoms with Crippen molar-refractivity contribution >= 4 is 28.9 Å². The molecule has 2 aromatic rings. The quantitative estimate of drug-likeness (QED) is 0.687. The highest BCUT2D eigenvalue weighted by molar-refractivity contribution is 5.94. The van der Waals surface area contributed by atoms with Crippen LogP contribution < -0.4 is 20.7 Å². The van der Waals surface area contributed by atoms with Gasteiger partial charge in [-0.2, -0.15) is 0 Å². The monoisotopic (exact) mass is 341 g/mol. The van der Waals surface area contributed by atoms with Gasteiger partial charge in [-0.25, -0.2) is 0 Å². The summed E-state index contributed by atoms with van der Waals surface area (Å²) >= 11 is 0. The predicted octanol–water partition coefficient (Wildman–Crippen LogP) is 3.48. The minimum Gasteiger partial charge on any atom is -0.494 e. The van der Waals surface area contributed by atoms with Crippen molar-refractivity contribution in [2.75, 3.05) is 29.1 Å². The van der Waals surface area contributed by atoms with E-state index in [0.29, 0.717) is 24.4 Å². The molecule has 2 aromatic carbocycles. The lowest BCUT2D eigenvalue weighted by Crippen LogP contribution is -2.21. The Morgan fingerprint density at radius 1 is 0.880 bits per heavy atom. The Morgan fingerprint density at radius 3 is 2.12 bits per heavy atom. The number of rotatable bonds is 8. The molecule has 0 bridgehead atoms. The first-order valence-corrected chi connectivity index (χ1v) is 8.27. The smallest absolute Gasteiger partial charge is 0.243 e. The Bertz CT molecular complexity index is 714. The number of anilines is 3. The molecular formula is C19H23N3O3. The average molecular weight is 341 g/mol. The third-order valence-corrected chi connectivity index (χ3v) is 3.37. The van der Waals surface area contributed by atoms with Gasteiger partial charge in [-0.05, 0) is 43.3 Å². The standard InChI is InChI=1S/C19H23N3O3/c1-3-18(23)21-14-8-10-15(11-9-14)22-19(24)13-20-16-6-5-7-17(12-16)25-4-2/h5-12,20H,3-4,13H2,1-2H3,(H,21,23)(H,22,24). The number of hydrogen-bond acceptors (Lipinski definition) is 4. The number of carbonyl (C=O) groups excluding carboxylic acids is 2. The SMILES string of the molecule is CCOc1cccc(NCC(=O)Nc2ccc(NC(=O)CC)cc2)c1. The Balaban J connectivity index is 1.83. The minimum atomic E-state index is -0.160. The molecule has 6 heteroatoms. The van der Waals surface area contributed by atoms with Crippen molar-refractivity contribution in [3.8, 4) is 5.75 Å². The van der Waals surface area contributed by atoms with Gasteiger partial charge in [0.2, 0.25) is 11.8 Å². The Hall–Kier alpha value is -3.02. The molecule has 0 spiro atoms. The van der Waals surface area contributed by atoms with Gasteiger partial charge in [0.15, 0.2) is 0 Å². The normalized spacial score (nSPS) is 10.0. The first kappa shape index (κ1) is 18.3. The van der Waals surface area contributed by atoms with Crippen molar-refractivity contribution in [2.24, 2.45) is 0 Å². The maximum atomic E-state index is 12.0. The van der Waals surface area contributed by atoms with Crippen LogP contribution in [0.25, 0.3) is 0 Å². The predicted molar refractivity (Wildman–Crippen MR) is 100 cm³/mol. The summed E-state index contributed by atoms with van der Waals surface area (Å²) in [4.78, 5) is 23.4. The van der Waals surface area contributed by atoms with Crippen molar-refractivity contribution < 1.29 is 14.3 Å². The minimum absolute atomic E-state index is 0.0460. The zero-order chi connectivity index (χ0) is 18.1. The largest absolute Gasteiger partial charge is 0.494 e. The van der Waals surface area contributed by atoms with Gasteiger partial charge in [-0.3, -0.25) is 9.59 Å². The summed E-state index contributed by atoms with van der Waals surface area (Å²) in [6.45, 7) is 4.45. The van der Waals surface area contributed by atoms with Gasteiger partial charge in [-0.1, -0.05) is 13.0 Å². The second kappa shape index (κ2) is 9.32. The summed E-state index contributed by atoms with van der Waals surface area (Å²) in [5, 5.41) is 8.62. The van der Waals surface area contributed by atoms with Gasteiger partial charge in [0.1, 0.15) is 5.75 Å². The van der Waals surface area contributed by atoms with E-state index in [4.69, 9.17) is 4.74 Å². The van der Waals surface area contributed by atoms with E-state index in [0.717, 1.165) is 11.4 Å². The third kappa shape index (κ3) is 6.18. The lowest BCUT2D eigenvalue weighted by Gasteiger charge is -2.10. The molecule has 0 heterocycles. The fourth-order valence-corrected chi connectivity index (χ4v) is 2.14. The molecule has 3 N–H and O–H groups in total. The second-order valence-electron chi connectivity index (χ2n) is 5.34. The molecule has 6 nitrogen and oxygen atoms in total. The molecular weight excluding hydrogens is 318 g/mol. The molecule has 0 aliphatic heterocycles. The topological polar surface area (TPSA) is 79.5 Å². The summed E-state index contributed by atoms with van der Waals surface area (Å²) in [7, 11) is 0. The van der Waals surface area contributed by atoms with Crippen LogP contribution in [0.5, 0.6) is 5.75 Å². The molecule has 0 aliphatic carbocycles. The highest BCUT2D eigenvalue weighted by atomic mass is 16.5. The second-order valence-corrected chi connectivity index (χ2v) is 5.34. The molecule has 2 amide bonds. The van der Waals surface area contributed by atoms with Gasteiger partial charge in [0, 0.05) is 29.5 Å². The van der Waals surface area contributed by atoms with Gasteiger partial charge in [-0.15, -0.1) is 0 Å². The zero-order valence-corrected chi connectivity index (χ0v) is 14.5. The van der Waals surface area contributed by atoms with Gasteiger partial charge in [0.25, 0.3) is 0 Å². The molecule has 0 aliphatic rings. The summed E-state index contributed by atoms with van der Waals surface area (Å²) in [5.41, 5.74) is 2.19. The third-order valence-electron chi connectivity index (χ3n) is 3.37. The molecule has 132 valence electrons. The first-order chi connectivity index (χ1) is 12.1. The first-order valence-electron chi connectivity index (χ1n) is 8.27. The van der Waals surface area contributed by atoms with Crippen LogP contribution in [0.1, 0.15) is 20.3 Å². The van der Waals surface area contributed by atoms with E-state index in [2.05, 4.69) is 16.0 Å². The lowest BCUT2D eigenvalue weighted by atomic mass is 10.2. The number of hydrogen-bond donors (Lipinski definition) is 3. The maximum Gasteiger partial charge on any atom is 0.243 e. The molecule has 2 rings (SSSR count). The van der Waals surface area contributed by atoms with Gasteiger partial charge >= 0.3 is 0 Å². The summed E-state index contributed by atoms with van der Waals surface area (Å²) < 4.78 is 5.43. The molecule has 25 heavy (non-hydrogen) atoms. The van der Waals surface area contributed by atoms with E-state index in [9.17, 15) is 9.59 Å². The number of nitrogens with one attached hydrogen (secondary N) is 3. The van der Waals surface area contributed by atoms with E-state index in [1.165, 1.54) is 0 Å². The lowest BCUT2D eigenvalue weighted by molar-refractivity contribution is -0.116. The van der Waals surface area contributed by atoms with Crippen LogP contribution in [-0.4, -0.2) is 25.0 Å². The number of ether oxygens (including phenoxy) is 1. The molecule has 0 atom stereocenters. The number of amides is 2. The van der Waals surface area contributed by atoms with Crippen LogP contribution in [0, 0.1) is 0 Å². The van der Waals surface area contributed by atoms with Crippen molar-refractivity contribution in [3.63, 3.8) is 0 Å². The fraction of sp³-hybridized carbons (Fsp3) is 0.263. The molecule has 0 fully saturated rings. The highest BCUT2D eigenvalue weighted by Crippen LogP contribution is 2.17. The molecule has 0 aromatic heterocycles. The van der Waals surface area contributed by atoms with Crippen LogP contribution in [0.2, 0.25) is 0 Å². The Labute approximate surface area is 147 Å². The maximum absolute atomic E-state index is 12.0. The summed E-state index contributed by atoms with van der Waals surface area (Å²) in [6, 6.07) is 14.5. The van der Waals surface area contributed by atoms with Gasteiger partial charge < -0.3 is 20.7 Å². The summed E-state index contributed by atoms with van der Waals surface area (Å²) in [6.07, 6.45) is 0.425. The van der Waals surface area contributed by atoms with Crippen LogP contribution >= 0.6 is 0 Å². The van der Waals surface area contributed by atoms with E-state index in [-0.39, 0.29) is 18.4 Å². The van der Waals surface area contributed by atoms with E-state index < -0.39 is 0 Å². The number of benzene rings is 2.